The number of amides is 1. The van der Waals surface area contributed by atoms with E-state index >= 15 is 0 Å². The van der Waals surface area contributed by atoms with E-state index < -0.39 is 17.8 Å². The van der Waals surface area contributed by atoms with Crippen LogP contribution in [0.1, 0.15) is 29.2 Å². The van der Waals surface area contributed by atoms with Crippen LogP contribution in [0.25, 0.3) is 0 Å². The minimum absolute atomic E-state index is 0.0399. The van der Waals surface area contributed by atoms with E-state index in [0.29, 0.717) is 12.0 Å². The van der Waals surface area contributed by atoms with Gasteiger partial charge in [-0.2, -0.15) is 13.2 Å². The van der Waals surface area contributed by atoms with Gasteiger partial charge in [-0.1, -0.05) is 24.3 Å². The first kappa shape index (κ1) is 19.2. The van der Waals surface area contributed by atoms with Gasteiger partial charge in [-0.15, -0.1) is 0 Å². The number of hydrogen-bond acceptors (Lipinski definition) is 4. The lowest BCUT2D eigenvalue weighted by Gasteiger charge is -2.12. The number of carbonyl (C=O) groups excluding carboxylic acids is 1. The Morgan fingerprint density at radius 2 is 1.93 bits per heavy atom. The molecule has 1 fully saturated rings. The summed E-state index contributed by atoms with van der Waals surface area (Å²) in [7, 11) is 1.59. The molecule has 0 aromatic heterocycles. The van der Waals surface area contributed by atoms with E-state index in [1.807, 2.05) is 24.3 Å². The van der Waals surface area contributed by atoms with Crippen LogP contribution in [-0.2, 0) is 17.5 Å². The van der Waals surface area contributed by atoms with E-state index in [2.05, 4.69) is 16.2 Å². The van der Waals surface area contributed by atoms with Gasteiger partial charge < -0.3 is 10.1 Å². The summed E-state index contributed by atoms with van der Waals surface area (Å²) in [6, 6.07) is 11.9. The second-order valence-corrected chi connectivity index (χ2v) is 6.32. The maximum absolute atomic E-state index is 12.6. The van der Waals surface area contributed by atoms with Crippen molar-refractivity contribution >= 4 is 5.91 Å². The largest absolute Gasteiger partial charge is 0.497 e. The maximum Gasteiger partial charge on any atom is 0.416 e. The molecule has 3 rings (SSSR count). The molecule has 2 unspecified atom stereocenters. The fourth-order valence-corrected chi connectivity index (χ4v) is 2.93. The van der Waals surface area contributed by atoms with Gasteiger partial charge in [-0.3, -0.25) is 4.79 Å². The number of hydrogen-bond donors (Lipinski definition) is 3. The number of carbonyl (C=O) groups is 1. The second kappa shape index (κ2) is 7.98. The van der Waals surface area contributed by atoms with Crippen LogP contribution in [0.5, 0.6) is 5.75 Å². The van der Waals surface area contributed by atoms with Gasteiger partial charge in [0.2, 0.25) is 5.91 Å². The lowest BCUT2D eigenvalue weighted by Crippen LogP contribution is -2.42. The lowest BCUT2D eigenvalue weighted by molar-refractivity contribution is -0.137. The molecule has 1 heterocycles. The topological polar surface area (TPSA) is 62.4 Å². The summed E-state index contributed by atoms with van der Waals surface area (Å²) in [5.74, 6) is 0.525. The summed E-state index contributed by atoms with van der Waals surface area (Å²) in [4.78, 5) is 12.3. The number of benzene rings is 2. The molecule has 8 heteroatoms. The van der Waals surface area contributed by atoms with Gasteiger partial charge in [0.05, 0.1) is 12.7 Å². The Bertz CT molecular complexity index is 794. The third-order valence-corrected chi connectivity index (χ3v) is 4.46. The highest BCUT2D eigenvalue weighted by atomic mass is 19.4. The van der Waals surface area contributed by atoms with Crippen LogP contribution in [0.15, 0.2) is 48.5 Å². The van der Waals surface area contributed by atoms with Crippen molar-refractivity contribution in [2.75, 3.05) is 7.11 Å². The van der Waals surface area contributed by atoms with Crippen molar-refractivity contribution in [3.8, 4) is 5.75 Å². The fourth-order valence-electron chi connectivity index (χ4n) is 2.93. The van der Waals surface area contributed by atoms with Crippen LogP contribution >= 0.6 is 0 Å². The van der Waals surface area contributed by atoms with E-state index in [1.54, 1.807) is 7.11 Å². The maximum atomic E-state index is 12.6. The first-order chi connectivity index (χ1) is 12.9. The third kappa shape index (κ3) is 4.78. The molecular formula is C19H20F3N3O2. The summed E-state index contributed by atoms with van der Waals surface area (Å²) in [5, 5.41) is 2.75. The summed E-state index contributed by atoms with van der Waals surface area (Å²) in [5.41, 5.74) is 6.94. The summed E-state index contributed by atoms with van der Waals surface area (Å²) < 4.78 is 42.9. The quantitative estimate of drug-likeness (QED) is 0.748. The fraction of sp³-hybridized carbons (Fsp3) is 0.316. The van der Waals surface area contributed by atoms with Gasteiger partial charge in [-0.05, 0) is 41.8 Å². The smallest absolute Gasteiger partial charge is 0.416 e. The molecule has 0 saturated carbocycles. The van der Waals surface area contributed by atoms with Crippen LogP contribution in [0.4, 0.5) is 13.2 Å². The van der Waals surface area contributed by atoms with Gasteiger partial charge in [0.1, 0.15) is 11.8 Å². The predicted molar refractivity (Wildman–Crippen MR) is 93.7 cm³/mol. The minimum atomic E-state index is -4.36. The van der Waals surface area contributed by atoms with Crippen molar-refractivity contribution in [3.63, 3.8) is 0 Å². The molecule has 1 aliphatic rings. The van der Waals surface area contributed by atoms with Crippen LogP contribution in [0, 0.1) is 0 Å². The van der Waals surface area contributed by atoms with Gasteiger partial charge in [0, 0.05) is 12.6 Å². The molecule has 2 aromatic rings. The molecule has 5 nitrogen and oxygen atoms in total. The van der Waals surface area contributed by atoms with Gasteiger partial charge in [0.15, 0.2) is 0 Å². The third-order valence-electron chi connectivity index (χ3n) is 4.46. The zero-order valence-electron chi connectivity index (χ0n) is 14.6. The van der Waals surface area contributed by atoms with Crippen molar-refractivity contribution in [2.45, 2.75) is 31.2 Å². The lowest BCUT2D eigenvalue weighted by atomic mass is 10.0. The Morgan fingerprint density at radius 3 is 2.59 bits per heavy atom. The van der Waals surface area contributed by atoms with E-state index in [-0.39, 0.29) is 18.5 Å². The molecule has 1 amide bonds. The molecule has 1 saturated heterocycles. The highest BCUT2D eigenvalue weighted by Crippen LogP contribution is 2.29. The first-order valence-corrected chi connectivity index (χ1v) is 8.45. The molecule has 3 N–H and O–H groups in total. The number of nitrogens with one attached hydrogen (secondary N) is 3. The molecule has 0 aliphatic carbocycles. The van der Waals surface area contributed by atoms with Crippen LogP contribution in [-0.4, -0.2) is 19.1 Å². The van der Waals surface area contributed by atoms with Crippen molar-refractivity contribution in [1.82, 2.24) is 16.2 Å². The normalized spacial score (nSPS) is 19.7. The van der Waals surface area contributed by atoms with E-state index in [1.165, 1.54) is 12.1 Å². The Balaban J connectivity index is 1.53. The molecule has 144 valence electrons. The molecule has 0 radical (unpaired) electrons. The van der Waals surface area contributed by atoms with Crippen LogP contribution < -0.4 is 20.9 Å². The molecular weight excluding hydrogens is 359 g/mol. The van der Waals surface area contributed by atoms with Gasteiger partial charge in [0.25, 0.3) is 0 Å². The zero-order chi connectivity index (χ0) is 19.4. The summed E-state index contributed by atoms with van der Waals surface area (Å²) in [6.07, 6.45) is -3.82. The van der Waals surface area contributed by atoms with Gasteiger partial charge >= 0.3 is 6.18 Å². The second-order valence-electron chi connectivity index (χ2n) is 6.32. The monoisotopic (exact) mass is 379 g/mol. The summed E-state index contributed by atoms with van der Waals surface area (Å²) >= 11 is 0. The van der Waals surface area contributed by atoms with E-state index in [4.69, 9.17) is 4.74 Å². The molecule has 2 aromatic carbocycles. The Morgan fingerprint density at radius 1 is 1.19 bits per heavy atom. The number of ether oxygens (including phenoxy) is 1. The number of hydrazine groups is 1. The number of alkyl halides is 3. The molecule has 27 heavy (non-hydrogen) atoms. The number of halogens is 3. The Labute approximate surface area is 154 Å². The Kier molecular flexibility index (Phi) is 5.67. The molecule has 2 atom stereocenters. The van der Waals surface area contributed by atoms with Gasteiger partial charge in [-0.25, -0.2) is 10.9 Å². The zero-order valence-corrected chi connectivity index (χ0v) is 14.6. The highest BCUT2D eigenvalue weighted by Gasteiger charge is 2.31. The Hall–Kier alpha value is -2.58. The standard InChI is InChI=1S/C19H20F3N3O2/c1-27-15-4-2-3-13(9-15)16-10-17(25-24-16)18(26)23-11-12-5-7-14(8-6-12)19(20,21)22/h2-9,16-17,24-25H,10-11H2,1H3,(H,23,26). The van der Waals surface area contributed by atoms with E-state index in [0.717, 1.165) is 23.4 Å². The van der Waals surface area contributed by atoms with Crippen molar-refractivity contribution in [1.29, 1.82) is 0 Å². The predicted octanol–water partition coefficient (Wildman–Crippen LogP) is 2.94. The van der Waals surface area contributed by atoms with Crippen molar-refractivity contribution in [3.05, 3.63) is 65.2 Å². The highest BCUT2D eigenvalue weighted by molar-refractivity contribution is 5.82. The number of rotatable bonds is 5. The molecule has 1 aliphatic heterocycles. The first-order valence-electron chi connectivity index (χ1n) is 8.45. The average Bonchev–Trinajstić information content (AvgIpc) is 3.16. The summed E-state index contributed by atoms with van der Waals surface area (Å²) in [6.45, 7) is 0.166. The minimum Gasteiger partial charge on any atom is -0.497 e. The molecule has 0 bridgehead atoms. The van der Waals surface area contributed by atoms with E-state index in [9.17, 15) is 18.0 Å². The van der Waals surface area contributed by atoms with Crippen LogP contribution in [0.2, 0.25) is 0 Å². The molecule has 0 spiro atoms. The average molecular weight is 379 g/mol. The van der Waals surface area contributed by atoms with Crippen molar-refractivity contribution < 1.29 is 22.7 Å². The number of methoxy groups -OCH3 is 1. The van der Waals surface area contributed by atoms with Crippen molar-refractivity contribution in [2.24, 2.45) is 0 Å². The van der Waals surface area contributed by atoms with Crippen LogP contribution in [0.3, 0.4) is 0 Å². The SMILES string of the molecule is COc1cccc(C2CC(C(=O)NCc3ccc(C(F)(F)F)cc3)NN2)c1.